The SMILES string of the molecule is CC(C)(C)c1cnc(OC(F)F)nc1. The highest BCUT2D eigenvalue weighted by Crippen LogP contribution is 2.21. The largest absolute Gasteiger partial charge is 0.401 e. The number of hydrogen-bond acceptors (Lipinski definition) is 3. The minimum absolute atomic E-state index is 0.0939. The third-order valence-corrected chi connectivity index (χ3v) is 1.69. The van der Waals surface area contributed by atoms with Crippen LogP contribution in [0.1, 0.15) is 26.3 Å². The van der Waals surface area contributed by atoms with Crippen LogP contribution >= 0.6 is 0 Å². The molecule has 3 nitrogen and oxygen atoms in total. The van der Waals surface area contributed by atoms with E-state index in [9.17, 15) is 8.78 Å². The van der Waals surface area contributed by atoms with Crippen LogP contribution in [-0.2, 0) is 5.41 Å². The molecule has 5 heteroatoms. The van der Waals surface area contributed by atoms with Gasteiger partial charge in [0.2, 0.25) is 0 Å². The summed E-state index contributed by atoms with van der Waals surface area (Å²) in [5, 5.41) is 0. The number of hydrogen-bond donors (Lipinski definition) is 0. The van der Waals surface area contributed by atoms with Crippen molar-refractivity contribution in [2.24, 2.45) is 0 Å². The topological polar surface area (TPSA) is 35.0 Å². The van der Waals surface area contributed by atoms with E-state index in [-0.39, 0.29) is 11.4 Å². The first-order valence-electron chi connectivity index (χ1n) is 4.17. The highest BCUT2D eigenvalue weighted by Gasteiger charge is 2.15. The Hall–Kier alpha value is -1.26. The van der Waals surface area contributed by atoms with Crippen LogP contribution in [0.15, 0.2) is 12.4 Å². The number of halogens is 2. The Morgan fingerprint density at radius 2 is 1.71 bits per heavy atom. The van der Waals surface area contributed by atoms with Crippen molar-refractivity contribution in [1.82, 2.24) is 9.97 Å². The van der Waals surface area contributed by atoms with Gasteiger partial charge in [-0.2, -0.15) is 8.78 Å². The van der Waals surface area contributed by atoms with Crippen LogP contribution in [0.25, 0.3) is 0 Å². The van der Waals surface area contributed by atoms with Gasteiger partial charge in [0.15, 0.2) is 0 Å². The molecule has 0 fully saturated rings. The summed E-state index contributed by atoms with van der Waals surface area (Å²) in [6.45, 7) is 3.08. The predicted octanol–water partition coefficient (Wildman–Crippen LogP) is 2.38. The molecule has 0 aromatic carbocycles. The van der Waals surface area contributed by atoms with Gasteiger partial charge in [-0.05, 0) is 11.0 Å². The Morgan fingerprint density at radius 3 is 2.07 bits per heavy atom. The first kappa shape index (κ1) is 10.8. The summed E-state index contributed by atoms with van der Waals surface area (Å²) in [6.07, 6.45) is 2.98. The average Bonchev–Trinajstić information content (AvgIpc) is 2.02. The summed E-state index contributed by atoms with van der Waals surface area (Å²) in [4.78, 5) is 7.34. The van der Waals surface area contributed by atoms with Crippen molar-refractivity contribution < 1.29 is 13.5 Å². The van der Waals surface area contributed by atoms with Gasteiger partial charge in [-0.25, -0.2) is 9.97 Å². The van der Waals surface area contributed by atoms with Gasteiger partial charge in [0.25, 0.3) is 0 Å². The van der Waals surface area contributed by atoms with E-state index in [0.717, 1.165) is 5.56 Å². The predicted molar refractivity (Wildman–Crippen MR) is 47.4 cm³/mol. The number of alkyl halides is 2. The van der Waals surface area contributed by atoms with Crippen molar-refractivity contribution in [3.05, 3.63) is 18.0 Å². The molecule has 0 spiro atoms. The number of nitrogens with zero attached hydrogens (tertiary/aromatic N) is 2. The van der Waals surface area contributed by atoms with Crippen LogP contribution in [0.3, 0.4) is 0 Å². The molecule has 0 aliphatic heterocycles. The fraction of sp³-hybridized carbons (Fsp3) is 0.556. The summed E-state index contributed by atoms with van der Waals surface area (Å²) in [5.74, 6) is 0. The maximum atomic E-state index is 11.8. The summed E-state index contributed by atoms with van der Waals surface area (Å²) in [6, 6.07) is -0.298. The standard InChI is InChI=1S/C9H12F2N2O/c1-9(2,3)6-4-12-8(13-5-6)14-7(10)11/h4-5,7H,1-3H3. The van der Waals surface area contributed by atoms with Crippen molar-refractivity contribution in [3.8, 4) is 6.01 Å². The van der Waals surface area contributed by atoms with Crippen molar-refractivity contribution in [2.45, 2.75) is 32.8 Å². The Morgan fingerprint density at radius 1 is 1.21 bits per heavy atom. The molecule has 0 aliphatic carbocycles. The lowest BCUT2D eigenvalue weighted by Crippen LogP contribution is -2.13. The Kier molecular flexibility index (Phi) is 2.98. The lowest BCUT2D eigenvalue weighted by Gasteiger charge is -2.17. The fourth-order valence-corrected chi connectivity index (χ4v) is 0.844. The summed E-state index contributed by atoms with van der Waals surface area (Å²) < 4.78 is 27.5. The third-order valence-electron chi connectivity index (χ3n) is 1.69. The zero-order valence-corrected chi connectivity index (χ0v) is 8.29. The molecule has 0 N–H and O–H groups in total. The van der Waals surface area contributed by atoms with Gasteiger partial charge >= 0.3 is 12.6 Å². The van der Waals surface area contributed by atoms with Crippen LogP contribution in [0, 0.1) is 0 Å². The van der Waals surface area contributed by atoms with E-state index in [1.54, 1.807) is 0 Å². The molecule has 1 heterocycles. The Labute approximate surface area is 81.1 Å². The van der Waals surface area contributed by atoms with E-state index in [2.05, 4.69) is 14.7 Å². The molecule has 0 radical (unpaired) electrons. The van der Waals surface area contributed by atoms with Gasteiger partial charge in [-0.1, -0.05) is 20.8 Å². The molecule has 78 valence electrons. The average molecular weight is 202 g/mol. The normalized spacial score (nSPS) is 11.9. The van der Waals surface area contributed by atoms with E-state index < -0.39 is 6.61 Å². The number of rotatable bonds is 2. The van der Waals surface area contributed by atoms with Gasteiger partial charge in [0, 0.05) is 12.4 Å². The summed E-state index contributed by atoms with van der Waals surface area (Å²) >= 11 is 0. The Balaban J connectivity index is 2.79. The van der Waals surface area contributed by atoms with Crippen LogP contribution in [0.2, 0.25) is 0 Å². The van der Waals surface area contributed by atoms with Crippen molar-refractivity contribution in [1.29, 1.82) is 0 Å². The van der Waals surface area contributed by atoms with Crippen molar-refractivity contribution in [2.75, 3.05) is 0 Å². The third kappa shape index (κ3) is 2.90. The smallest absolute Gasteiger partial charge is 0.389 e. The maximum absolute atomic E-state index is 11.8. The zero-order valence-electron chi connectivity index (χ0n) is 8.29. The Bertz CT molecular complexity index is 293. The quantitative estimate of drug-likeness (QED) is 0.738. The van der Waals surface area contributed by atoms with Gasteiger partial charge in [0.05, 0.1) is 0 Å². The second-order valence-corrected chi connectivity index (χ2v) is 3.88. The molecule has 1 aromatic heterocycles. The van der Waals surface area contributed by atoms with E-state index in [0.29, 0.717) is 0 Å². The zero-order chi connectivity index (χ0) is 10.8. The van der Waals surface area contributed by atoms with Crippen molar-refractivity contribution >= 4 is 0 Å². The fourth-order valence-electron chi connectivity index (χ4n) is 0.844. The van der Waals surface area contributed by atoms with Crippen LogP contribution in [0.5, 0.6) is 6.01 Å². The molecule has 0 saturated carbocycles. The molecule has 0 unspecified atom stereocenters. The molecule has 0 saturated heterocycles. The second kappa shape index (κ2) is 3.86. The highest BCUT2D eigenvalue weighted by molar-refractivity contribution is 5.16. The number of ether oxygens (including phenoxy) is 1. The monoisotopic (exact) mass is 202 g/mol. The van der Waals surface area contributed by atoms with Gasteiger partial charge in [-0.15, -0.1) is 0 Å². The highest BCUT2D eigenvalue weighted by atomic mass is 19.3. The maximum Gasteiger partial charge on any atom is 0.389 e. The first-order valence-corrected chi connectivity index (χ1v) is 4.17. The molecule has 0 amide bonds. The molecule has 0 atom stereocenters. The summed E-state index contributed by atoms with van der Waals surface area (Å²) in [7, 11) is 0. The van der Waals surface area contributed by atoms with E-state index in [1.807, 2.05) is 20.8 Å². The second-order valence-electron chi connectivity index (χ2n) is 3.88. The molecule has 1 rings (SSSR count). The molecule has 0 bridgehead atoms. The molecular formula is C9H12F2N2O. The van der Waals surface area contributed by atoms with Gasteiger partial charge in [-0.3, -0.25) is 0 Å². The minimum atomic E-state index is -2.88. The lowest BCUT2D eigenvalue weighted by molar-refractivity contribution is -0.0561. The summed E-state index contributed by atoms with van der Waals surface area (Å²) in [5.41, 5.74) is 0.780. The van der Waals surface area contributed by atoms with Gasteiger partial charge in [0.1, 0.15) is 0 Å². The van der Waals surface area contributed by atoms with Crippen molar-refractivity contribution in [3.63, 3.8) is 0 Å². The molecule has 1 aromatic rings. The van der Waals surface area contributed by atoms with E-state index >= 15 is 0 Å². The lowest BCUT2D eigenvalue weighted by atomic mass is 9.89. The molecular weight excluding hydrogens is 190 g/mol. The molecule has 14 heavy (non-hydrogen) atoms. The minimum Gasteiger partial charge on any atom is -0.401 e. The van der Waals surface area contributed by atoms with E-state index in [4.69, 9.17) is 0 Å². The molecule has 0 aliphatic rings. The van der Waals surface area contributed by atoms with E-state index in [1.165, 1.54) is 12.4 Å². The van der Waals surface area contributed by atoms with Gasteiger partial charge < -0.3 is 4.74 Å². The number of aromatic nitrogens is 2. The van der Waals surface area contributed by atoms with Crippen LogP contribution in [-0.4, -0.2) is 16.6 Å². The first-order chi connectivity index (χ1) is 6.39. The van der Waals surface area contributed by atoms with Crippen LogP contribution in [0.4, 0.5) is 8.78 Å². The van der Waals surface area contributed by atoms with Crippen LogP contribution < -0.4 is 4.74 Å².